The lowest BCUT2D eigenvalue weighted by molar-refractivity contribution is -0.0566. The van der Waals surface area contributed by atoms with Crippen molar-refractivity contribution in [3.8, 4) is 0 Å². The molecule has 4 nitrogen and oxygen atoms in total. The van der Waals surface area contributed by atoms with Gasteiger partial charge in [0.05, 0.1) is 24.5 Å². The summed E-state index contributed by atoms with van der Waals surface area (Å²) < 4.78 is 11.4. The fraction of sp³-hybridized carbons (Fsp3) is 0.643. The Morgan fingerprint density at radius 3 is 2.50 bits per heavy atom. The molecule has 0 spiro atoms. The number of ether oxygens (including phenoxy) is 2. The van der Waals surface area contributed by atoms with E-state index < -0.39 is 0 Å². The van der Waals surface area contributed by atoms with Gasteiger partial charge in [-0.2, -0.15) is 0 Å². The maximum Gasteiger partial charge on any atom is 0.114 e. The van der Waals surface area contributed by atoms with Crippen molar-refractivity contribution in [3.63, 3.8) is 0 Å². The average molecular weight is 252 g/mol. The SMILES string of the molecule is CC(N)C(OCCOC(C)(C)C)c1ccccn1. The lowest BCUT2D eigenvalue weighted by atomic mass is 10.1. The van der Waals surface area contributed by atoms with Crippen LogP contribution in [0.25, 0.3) is 0 Å². The molecule has 0 amide bonds. The van der Waals surface area contributed by atoms with Gasteiger partial charge >= 0.3 is 0 Å². The first kappa shape index (κ1) is 15.1. The van der Waals surface area contributed by atoms with E-state index in [9.17, 15) is 0 Å². The maximum atomic E-state index is 5.93. The van der Waals surface area contributed by atoms with Crippen LogP contribution in [-0.4, -0.2) is 29.8 Å². The van der Waals surface area contributed by atoms with Crippen LogP contribution in [0, 0.1) is 0 Å². The van der Waals surface area contributed by atoms with Crippen molar-refractivity contribution in [2.45, 2.75) is 45.4 Å². The molecule has 0 bridgehead atoms. The van der Waals surface area contributed by atoms with E-state index in [2.05, 4.69) is 4.98 Å². The molecule has 2 N–H and O–H groups in total. The molecule has 1 heterocycles. The molecule has 0 aliphatic carbocycles. The first-order valence-corrected chi connectivity index (χ1v) is 6.32. The Kier molecular flexibility index (Phi) is 5.72. The van der Waals surface area contributed by atoms with Gasteiger partial charge in [0.1, 0.15) is 6.10 Å². The first-order valence-electron chi connectivity index (χ1n) is 6.32. The Hall–Kier alpha value is -0.970. The van der Waals surface area contributed by atoms with Gasteiger partial charge in [0.2, 0.25) is 0 Å². The molecule has 102 valence electrons. The summed E-state index contributed by atoms with van der Waals surface area (Å²) in [6.07, 6.45) is 1.56. The second kappa shape index (κ2) is 6.83. The van der Waals surface area contributed by atoms with Gasteiger partial charge in [-0.25, -0.2) is 0 Å². The Bertz CT molecular complexity index is 333. The topological polar surface area (TPSA) is 57.4 Å². The summed E-state index contributed by atoms with van der Waals surface area (Å²) in [5, 5.41) is 0. The number of pyridine rings is 1. The van der Waals surface area contributed by atoms with Gasteiger partial charge in [0.25, 0.3) is 0 Å². The van der Waals surface area contributed by atoms with Crippen molar-refractivity contribution in [2.75, 3.05) is 13.2 Å². The smallest absolute Gasteiger partial charge is 0.114 e. The first-order chi connectivity index (χ1) is 8.40. The molecular weight excluding hydrogens is 228 g/mol. The number of hydrogen-bond donors (Lipinski definition) is 1. The summed E-state index contributed by atoms with van der Waals surface area (Å²) in [4.78, 5) is 4.28. The fourth-order valence-corrected chi connectivity index (χ4v) is 1.57. The minimum Gasteiger partial charge on any atom is -0.373 e. The number of rotatable bonds is 6. The van der Waals surface area contributed by atoms with Crippen molar-refractivity contribution < 1.29 is 9.47 Å². The third kappa shape index (κ3) is 5.58. The predicted octanol–water partition coefficient (Wildman–Crippen LogP) is 2.30. The Balaban J connectivity index is 2.45. The molecule has 0 aliphatic rings. The number of aromatic nitrogens is 1. The Morgan fingerprint density at radius 2 is 2.00 bits per heavy atom. The molecule has 0 aliphatic heterocycles. The molecule has 2 atom stereocenters. The summed E-state index contributed by atoms with van der Waals surface area (Å²) >= 11 is 0. The largest absolute Gasteiger partial charge is 0.373 e. The minimum atomic E-state index is -0.185. The molecule has 0 saturated carbocycles. The molecule has 0 saturated heterocycles. The van der Waals surface area contributed by atoms with Crippen LogP contribution in [0.15, 0.2) is 24.4 Å². The van der Waals surface area contributed by atoms with E-state index in [4.69, 9.17) is 15.2 Å². The van der Waals surface area contributed by atoms with Gasteiger partial charge in [0.15, 0.2) is 0 Å². The zero-order valence-electron chi connectivity index (χ0n) is 11.7. The maximum absolute atomic E-state index is 5.93. The molecule has 1 aromatic heterocycles. The van der Waals surface area contributed by atoms with E-state index in [1.807, 2.05) is 45.9 Å². The summed E-state index contributed by atoms with van der Waals surface area (Å²) in [5.41, 5.74) is 6.65. The van der Waals surface area contributed by atoms with Gasteiger partial charge < -0.3 is 15.2 Å². The normalized spacial score (nSPS) is 15.4. The molecule has 0 aromatic carbocycles. The standard InChI is InChI=1S/C14H24N2O2/c1-11(15)13(12-7-5-6-8-16-12)17-9-10-18-14(2,3)4/h5-8,11,13H,9-10,15H2,1-4H3. The molecule has 1 aromatic rings. The third-order valence-electron chi connectivity index (χ3n) is 2.37. The third-order valence-corrected chi connectivity index (χ3v) is 2.37. The van der Waals surface area contributed by atoms with Crippen LogP contribution < -0.4 is 5.73 Å². The monoisotopic (exact) mass is 252 g/mol. The highest BCUT2D eigenvalue weighted by Gasteiger charge is 2.18. The van der Waals surface area contributed by atoms with Gasteiger partial charge in [-0.3, -0.25) is 4.98 Å². The molecule has 18 heavy (non-hydrogen) atoms. The van der Waals surface area contributed by atoms with Crippen molar-refractivity contribution in [3.05, 3.63) is 30.1 Å². The van der Waals surface area contributed by atoms with E-state index in [-0.39, 0.29) is 17.7 Å². The van der Waals surface area contributed by atoms with Crippen LogP contribution in [-0.2, 0) is 9.47 Å². The van der Waals surface area contributed by atoms with E-state index >= 15 is 0 Å². The molecule has 1 rings (SSSR count). The molecule has 0 radical (unpaired) electrons. The number of hydrogen-bond acceptors (Lipinski definition) is 4. The van der Waals surface area contributed by atoms with E-state index in [0.29, 0.717) is 13.2 Å². The van der Waals surface area contributed by atoms with Crippen LogP contribution >= 0.6 is 0 Å². The Labute approximate surface area is 110 Å². The Morgan fingerprint density at radius 1 is 1.28 bits per heavy atom. The van der Waals surface area contributed by atoms with Crippen molar-refractivity contribution in [1.82, 2.24) is 4.98 Å². The zero-order chi connectivity index (χ0) is 13.6. The van der Waals surface area contributed by atoms with Crippen LogP contribution in [0.1, 0.15) is 39.5 Å². The van der Waals surface area contributed by atoms with Crippen LogP contribution in [0.5, 0.6) is 0 Å². The second-order valence-corrected chi connectivity index (χ2v) is 5.37. The van der Waals surface area contributed by atoms with Crippen molar-refractivity contribution in [1.29, 1.82) is 0 Å². The highest BCUT2D eigenvalue weighted by Crippen LogP contribution is 2.17. The lowest BCUT2D eigenvalue weighted by Gasteiger charge is -2.23. The lowest BCUT2D eigenvalue weighted by Crippen LogP contribution is -2.29. The molecule has 0 fully saturated rings. The number of nitrogens with zero attached hydrogens (tertiary/aromatic N) is 1. The molecule has 2 unspecified atom stereocenters. The summed E-state index contributed by atoms with van der Waals surface area (Å²) in [6, 6.07) is 5.64. The fourth-order valence-electron chi connectivity index (χ4n) is 1.57. The summed E-state index contributed by atoms with van der Waals surface area (Å²) in [7, 11) is 0. The minimum absolute atomic E-state index is 0.102. The predicted molar refractivity (Wildman–Crippen MR) is 72.3 cm³/mol. The van der Waals surface area contributed by atoms with Gasteiger partial charge in [-0.15, -0.1) is 0 Å². The van der Waals surface area contributed by atoms with Gasteiger partial charge in [-0.05, 0) is 39.8 Å². The van der Waals surface area contributed by atoms with Crippen LogP contribution in [0.2, 0.25) is 0 Å². The van der Waals surface area contributed by atoms with Crippen LogP contribution in [0.3, 0.4) is 0 Å². The average Bonchev–Trinajstić information content (AvgIpc) is 2.28. The van der Waals surface area contributed by atoms with E-state index in [0.717, 1.165) is 5.69 Å². The highest BCUT2D eigenvalue weighted by atomic mass is 16.5. The molecular formula is C14H24N2O2. The van der Waals surface area contributed by atoms with Crippen molar-refractivity contribution in [2.24, 2.45) is 5.73 Å². The van der Waals surface area contributed by atoms with E-state index in [1.54, 1.807) is 6.20 Å². The van der Waals surface area contributed by atoms with Gasteiger partial charge in [-0.1, -0.05) is 6.07 Å². The second-order valence-electron chi connectivity index (χ2n) is 5.37. The zero-order valence-corrected chi connectivity index (χ0v) is 11.7. The quantitative estimate of drug-likeness (QED) is 0.789. The molecule has 4 heteroatoms. The van der Waals surface area contributed by atoms with E-state index in [1.165, 1.54) is 0 Å². The highest BCUT2D eigenvalue weighted by molar-refractivity contribution is 5.08. The summed E-state index contributed by atoms with van der Waals surface area (Å²) in [6.45, 7) is 9.06. The van der Waals surface area contributed by atoms with Crippen LogP contribution in [0.4, 0.5) is 0 Å². The summed E-state index contributed by atoms with van der Waals surface area (Å²) in [5.74, 6) is 0. The van der Waals surface area contributed by atoms with Gasteiger partial charge in [0, 0.05) is 12.2 Å². The van der Waals surface area contributed by atoms with Crippen molar-refractivity contribution >= 4 is 0 Å². The number of nitrogens with two attached hydrogens (primary N) is 1.